The first-order chi connectivity index (χ1) is 9.66. The van der Waals surface area contributed by atoms with Gasteiger partial charge >= 0.3 is 6.36 Å². The molecule has 1 aromatic carbocycles. The van der Waals surface area contributed by atoms with Gasteiger partial charge in [0.25, 0.3) is 0 Å². The predicted octanol–water partition coefficient (Wildman–Crippen LogP) is 1.60. The monoisotopic (exact) mass is 327 g/mol. The zero-order valence-electron chi connectivity index (χ0n) is 11.3. The lowest BCUT2D eigenvalue weighted by molar-refractivity contribution is -0.274. The number of halogens is 3. The smallest absolute Gasteiger partial charge is 0.492 e. The standard InChI is InChI=1S/C12H16F3NO4S/c1-21(17,18)9-7-16-6-8-19-10-2-4-11(5-3-10)20-12(13,14)15/h2-5,16H,6-9H2,1H3. The third-order valence-corrected chi connectivity index (χ3v) is 3.20. The van der Waals surface area contributed by atoms with Crippen LogP contribution in [-0.4, -0.2) is 46.5 Å². The Morgan fingerprint density at radius 2 is 1.67 bits per heavy atom. The molecule has 120 valence electrons. The number of ether oxygens (including phenoxy) is 2. The van der Waals surface area contributed by atoms with Gasteiger partial charge in [0, 0.05) is 19.3 Å². The van der Waals surface area contributed by atoms with Crippen LogP contribution in [0.3, 0.4) is 0 Å². The van der Waals surface area contributed by atoms with Crippen LogP contribution in [0.5, 0.6) is 11.5 Å². The Morgan fingerprint density at radius 1 is 1.10 bits per heavy atom. The van der Waals surface area contributed by atoms with Crippen LogP contribution in [0.1, 0.15) is 0 Å². The van der Waals surface area contributed by atoms with E-state index in [9.17, 15) is 21.6 Å². The van der Waals surface area contributed by atoms with E-state index in [0.717, 1.165) is 18.4 Å². The maximum Gasteiger partial charge on any atom is 0.573 e. The van der Waals surface area contributed by atoms with Gasteiger partial charge in [-0.25, -0.2) is 8.42 Å². The Balaban J connectivity index is 2.24. The summed E-state index contributed by atoms with van der Waals surface area (Å²) in [6, 6.07) is 5.02. The van der Waals surface area contributed by atoms with Gasteiger partial charge in [-0.1, -0.05) is 0 Å². The average molecular weight is 327 g/mol. The highest BCUT2D eigenvalue weighted by Crippen LogP contribution is 2.24. The van der Waals surface area contributed by atoms with Gasteiger partial charge in [-0.3, -0.25) is 0 Å². The third kappa shape index (κ3) is 9.14. The van der Waals surface area contributed by atoms with Crippen molar-refractivity contribution >= 4 is 9.84 Å². The summed E-state index contributed by atoms with van der Waals surface area (Å²) in [5.74, 6) is 0.117. The fourth-order valence-corrected chi connectivity index (χ4v) is 1.88. The lowest BCUT2D eigenvalue weighted by Gasteiger charge is -2.10. The minimum absolute atomic E-state index is 0.0382. The second-order valence-electron chi connectivity index (χ2n) is 4.25. The van der Waals surface area contributed by atoms with Crippen LogP contribution in [0.4, 0.5) is 13.2 Å². The molecule has 0 atom stereocenters. The largest absolute Gasteiger partial charge is 0.573 e. The van der Waals surface area contributed by atoms with Crippen molar-refractivity contribution in [1.29, 1.82) is 0 Å². The summed E-state index contributed by atoms with van der Waals surface area (Å²) in [5.41, 5.74) is 0. The molecule has 0 saturated heterocycles. The SMILES string of the molecule is CS(=O)(=O)CCNCCOc1ccc(OC(F)(F)F)cc1. The van der Waals surface area contributed by atoms with Gasteiger partial charge in [0.2, 0.25) is 0 Å². The van der Waals surface area contributed by atoms with E-state index in [4.69, 9.17) is 4.74 Å². The van der Waals surface area contributed by atoms with E-state index in [1.807, 2.05) is 0 Å². The molecular formula is C12H16F3NO4S. The van der Waals surface area contributed by atoms with Crippen LogP contribution < -0.4 is 14.8 Å². The maximum atomic E-state index is 11.9. The molecule has 0 unspecified atom stereocenters. The molecule has 9 heteroatoms. The summed E-state index contributed by atoms with van der Waals surface area (Å²) in [7, 11) is -2.99. The van der Waals surface area contributed by atoms with Crippen LogP contribution in [0.15, 0.2) is 24.3 Å². The molecule has 0 aliphatic heterocycles. The average Bonchev–Trinajstić information content (AvgIpc) is 2.32. The Bertz CT molecular complexity index is 528. The van der Waals surface area contributed by atoms with Crippen LogP contribution in [0.2, 0.25) is 0 Å². The first-order valence-corrected chi connectivity index (χ1v) is 8.09. The molecule has 0 amide bonds. The summed E-state index contributed by atoms with van der Waals surface area (Å²) >= 11 is 0. The van der Waals surface area contributed by atoms with Crippen molar-refractivity contribution in [2.45, 2.75) is 6.36 Å². The minimum atomic E-state index is -4.72. The molecule has 0 aromatic heterocycles. The van der Waals surface area contributed by atoms with Crippen molar-refractivity contribution in [3.8, 4) is 11.5 Å². The Labute approximate surface area is 121 Å². The predicted molar refractivity (Wildman–Crippen MR) is 71.2 cm³/mol. The zero-order valence-corrected chi connectivity index (χ0v) is 12.1. The maximum absolute atomic E-state index is 11.9. The van der Waals surface area contributed by atoms with E-state index < -0.39 is 16.2 Å². The Hall–Kier alpha value is -1.48. The highest BCUT2D eigenvalue weighted by Gasteiger charge is 2.30. The van der Waals surface area contributed by atoms with Crippen LogP contribution >= 0.6 is 0 Å². The number of benzene rings is 1. The highest BCUT2D eigenvalue weighted by atomic mass is 32.2. The van der Waals surface area contributed by atoms with Crippen LogP contribution in [-0.2, 0) is 9.84 Å². The number of alkyl halides is 3. The molecule has 1 rings (SSSR count). The normalized spacial score (nSPS) is 12.2. The van der Waals surface area contributed by atoms with Crippen molar-refractivity contribution in [3.05, 3.63) is 24.3 Å². The second kappa shape index (κ2) is 7.51. The molecular weight excluding hydrogens is 311 g/mol. The number of hydrogen-bond acceptors (Lipinski definition) is 5. The van der Waals surface area contributed by atoms with E-state index in [2.05, 4.69) is 10.1 Å². The van der Waals surface area contributed by atoms with Crippen molar-refractivity contribution in [2.75, 3.05) is 31.7 Å². The number of rotatable bonds is 8. The van der Waals surface area contributed by atoms with E-state index in [-0.39, 0.29) is 18.1 Å². The van der Waals surface area contributed by atoms with E-state index in [1.54, 1.807) is 0 Å². The number of sulfone groups is 1. The third-order valence-electron chi connectivity index (χ3n) is 2.25. The van der Waals surface area contributed by atoms with E-state index in [0.29, 0.717) is 18.8 Å². The van der Waals surface area contributed by atoms with Gasteiger partial charge in [-0.15, -0.1) is 13.2 Å². The molecule has 0 aliphatic carbocycles. The van der Waals surface area contributed by atoms with Gasteiger partial charge in [0.15, 0.2) is 0 Å². The first-order valence-electron chi connectivity index (χ1n) is 6.03. The molecule has 0 spiro atoms. The quantitative estimate of drug-likeness (QED) is 0.735. The van der Waals surface area contributed by atoms with Crippen molar-refractivity contribution in [3.63, 3.8) is 0 Å². The van der Waals surface area contributed by atoms with Gasteiger partial charge in [0.05, 0.1) is 5.75 Å². The molecule has 0 aliphatic rings. The van der Waals surface area contributed by atoms with Gasteiger partial charge < -0.3 is 14.8 Å². The zero-order chi connectivity index (χ0) is 15.9. The summed E-state index contributed by atoms with van der Waals surface area (Å²) in [4.78, 5) is 0. The van der Waals surface area contributed by atoms with Crippen molar-refractivity contribution in [2.24, 2.45) is 0 Å². The molecule has 0 radical (unpaired) electrons. The molecule has 1 N–H and O–H groups in total. The summed E-state index contributed by atoms with van der Waals surface area (Å²) in [6.07, 6.45) is -3.57. The van der Waals surface area contributed by atoms with Crippen molar-refractivity contribution in [1.82, 2.24) is 5.32 Å². The molecule has 5 nitrogen and oxygen atoms in total. The first kappa shape index (κ1) is 17.6. The number of hydrogen-bond donors (Lipinski definition) is 1. The summed E-state index contributed by atoms with van der Waals surface area (Å²) in [5, 5.41) is 2.88. The highest BCUT2D eigenvalue weighted by molar-refractivity contribution is 7.90. The Morgan fingerprint density at radius 3 is 2.19 bits per heavy atom. The lowest BCUT2D eigenvalue weighted by Crippen LogP contribution is -2.26. The minimum Gasteiger partial charge on any atom is -0.492 e. The fourth-order valence-electron chi connectivity index (χ4n) is 1.36. The van der Waals surface area contributed by atoms with Crippen LogP contribution in [0, 0.1) is 0 Å². The molecule has 0 heterocycles. The lowest BCUT2D eigenvalue weighted by atomic mass is 10.3. The molecule has 21 heavy (non-hydrogen) atoms. The van der Waals surface area contributed by atoms with Crippen molar-refractivity contribution < 1.29 is 31.1 Å². The fraction of sp³-hybridized carbons (Fsp3) is 0.500. The number of nitrogens with one attached hydrogen (secondary N) is 1. The van der Waals surface area contributed by atoms with Crippen LogP contribution in [0.25, 0.3) is 0 Å². The molecule has 0 fully saturated rings. The summed E-state index contributed by atoms with van der Waals surface area (Å²) < 4.78 is 66.5. The van der Waals surface area contributed by atoms with E-state index in [1.165, 1.54) is 12.1 Å². The topological polar surface area (TPSA) is 64.6 Å². The second-order valence-corrected chi connectivity index (χ2v) is 6.51. The molecule has 0 saturated carbocycles. The molecule has 1 aromatic rings. The Kier molecular flexibility index (Phi) is 6.28. The van der Waals surface area contributed by atoms with E-state index >= 15 is 0 Å². The van der Waals surface area contributed by atoms with Gasteiger partial charge in [-0.05, 0) is 24.3 Å². The van der Waals surface area contributed by atoms with Gasteiger partial charge in [0.1, 0.15) is 27.9 Å². The van der Waals surface area contributed by atoms with Gasteiger partial charge in [-0.2, -0.15) is 0 Å². The molecule has 0 bridgehead atoms. The summed E-state index contributed by atoms with van der Waals surface area (Å²) in [6.45, 7) is 1.01.